The van der Waals surface area contributed by atoms with E-state index in [-0.39, 0.29) is 0 Å². The molecule has 16 heavy (non-hydrogen) atoms. The molecule has 0 spiro atoms. The quantitative estimate of drug-likeness (QED) is 0.503. The highest BCUT2D eigenvalue weighted by molar-refractivity contribution is 6.42. The van der Waals surface area contributed by atoms with Gasteiger partial charge in [0.05, 0.1) is 29.0 Å². The Hall–Kier alpha value is -0.770. The molecule has 0 bridgehead atoms. The van der Waals surface area contributed by atoms with Crippen molar-refractivity contribution >= 4 is 29.0 Å². The number of amidine groups is 1. The average Bonchev–Trinajstić information content (AvgIpc) is 2.24. The van der Waals surface area contributed by atoms with Crippen LogP contribution in [0.1, 0.15) is 5.56 Å². The van der Waals surface area contributed by atoms with Crippen molar-refractivity contribution in [2.45, 2.75) is 6.42 Å². The van der Waals surface area contributed by atoms with E-state index < -0.39 is 0 Å². The van der Waals surface area contributed by atoms with E-state index in [2.05, 4.69) is 4.99 Å². The van der Waals surface area contributed by atoms with Crippen LogP contribution in [0.4, 0.5) is 0 Å². The first kappa shape index (κ1) is 13.3. The molecule has 0 atom stereocenters. The molecule has 1 rings (SSSR count). The maximum absolute atomic E-state index is 5.89. The molecule has 0 saturated carbocycles. The molecule has 0 aliphatic rings. The van der Waals surface area contributed by atoms with Gasteiger partial charge in [-0.05, 0) is 17.7 Å². The highest BCUT2D eigenvalue weighted by atomic mass is 35.5. The van der Waals surface area contributed by atoms with E-state index in [0.29, 0.717) is 35.5 Å². The van der Waals surface area contributed by atoms with Gasteiger partial charge in [0.25, 0.3) is 0 Å². The minimum Gasteiger partial charge on any atom is -0.387 e. The van der Waals surface area contributed by atoms with E-state index in [9.17, 15) is 0 Å². The van der Waals surface area contributed by atoms with Crippen LogP contribution >= 0.6 is 23.2 Å². The second-order valence-electron chi connectivity index (χ2n) is 3.29. The number of nitrogens with zero attached hydrogens (tertiary/aromatic N) is 1. The Morgan fingerprint density at radius 3 is 2.75 bits per heavy atom. The van der Waals surface area contributed by atoms with Crippen molar-refractivity contribution in [3.05, 3.63) is 33.8 Å². The van der Waals surface area contributed by atoms with Gasteiger partial charge in [-0.3, -0.25) is 4.99 Å². The van der Waals surface area contributed by atoms with Gasteiger partial charge in [-0.15, -0.1) is 0 Å². The summed E-state index contributed by atoms with van der Waals surface area (Å²) in [7, 11) is 1.63. The molecule has 88 valence electrons. The summed E-state index contributed by atoms with van der Waals surface area (Å²) in [4.78, 5) is 4.15. The van der Waals surface area contributed by atoms with Crippen molar-refractivity contribution in [2.75, 3.05) is 20.3 Å². The molecule has 0 fully saturated rings. The van der Waals surface area contributed by atoms with Crippen LogP contribution in [0.25, 0.3) is 0 Å². The highest BCUT2D eigenvalue weighted by Gasteiger charge is 2.01. The number of ether oxygens (including phenoxy) is 1. The van der Waals surface area contributed by atoms with Crippen LogP contribution in [-0.4, -0.2) is 26.1 Å². The lowest BCUT2D eigenvalue weighted by Crippen LogP contribution is -2.16. The Morgan fingerprint density at radius 2 is 2.12 bits per heavy atom. The van der Waals surface area contributed by atoms with E-state index in [1.165, 1.54) is 0 Å². The van der Waals surface area contributed by atoms with Gasteiger partial charge in [0.15, 0.2) is 0 Å². The van der Waals surface area contributed by atoms with Crippen LogP contribution in [0.3, 0.4) is 0 Å². The first-order chi connectivity index (χ1) is 7.63. The fourth-order valence-corrected chi connectivity index (χ4v) is 1.52. The summed E-state index contributed by atoms with van der Waals surface area (Å²) >= 11 is 11.7. The first-order valence-corrected chi connectivity index (χ1v) is 5.60. The summed E-state index contributed by atoms with van der Waals surface area (Å²) in [5.74, 6) is 0.565. The molecule has 0 radical (unpaired) electrons. The lowest BCUT2D eigenvalue weighted by Gasteiger charge is -2.03. The third kappa shape index (κ3) is 4.39. The van der Waals surface area contributed by atoms with Gasteiger partial charge >= 0.3 is 0 Å². The van der Waals surface area contributed by atoms with Crippen LogP contribution in [0.2, 0.25) is 10.0 Å². The third-order valence-corrected chi connectivity index (χ3v) is 2.72. The number of methoxy groups -OCH3 is 1. The molecule has 0 aliphatic heterocycles. The van der Waals surface area contributed by atoms with Crippen molar-refractivity contribution in [1.29, 1.82) is 0 Å². The standard InChI is InChI=1S/C11H14Cl2N2O/c1-16-5-4-15-11(14)7-8-2-3-9(12)10(13)6-8/h2-3,6H,4-5,7H2,1H3,(H2,14,15). The predicted molar refractivity (Wildman–Crippen MR) is 68.5 cm³/mol. The Bertz CT molecular complexity index is 380. The van der Waals surface area contributed by atoms with E-state index in [0.717, 1.165) is 5.56 Å². The van der Waals surface area contributed by atoms with Crippen molar-refractivity contribution in [3.8, 4) is 0 Å². The van der Waals surface area contributed by atoms with Crippen molar-refractivity contribution < 1.29 is 4.74 Å². The summed E-state index contributed by atoms with van der Waals surface area (Å²) in [6, 6.07) is 5.43. The van der Waals surface area contributed by atoms with Gasteiger partial charge < -0.3 is 10.5 Å². The molecule has 1 aromatic carbocycles. The number of hydrogen-bond acceptors (Lipinski definition) is 2. The Labute approximate surface area is 105 Å². The van der Waals surface area contributed by atoms with Crippen LogP contribution in [0, 0.1) is 0 Å². The van der Waals surface area contributed by atoms with Gasteiger partial charge in [-0.2, -0.15) is 0 Å². The van der Waals surface area contributed by atoms with Crippen LogP contribution in [0.5, 0.6) is 0 Å². The molecular weight excluding hydrogens is 247 g/mol. The lowest BCUT2D eigenvalue weighted by molar-refractivity contribution is 0.208. The first-order valence-electron chi connectivity index (χ1n) is 4.85. The van der Waals surface area contributed by atoms with Crippen molar-refractivity contribution in [3.63, 3.8) is 0 Å². The van der Waals surface area contributed by atoms with Gasteiger partial charge in [0.2, 0.25) is 0 Å². The maximum atomic E-state index is 5.89. The number of nitrogens with two attached hydrogens (primary N) is 1. The molecule has 0 saturated heterocycles. The number of halogens is 2. The summed E-state index contributed by atoms with van der Waals surface area (Å²) in [5, 5.41) is 1.07. The Balaban J connectivity index is 2.59. The molecule has 0 unspecified atom stereocenters. The summed E-state index contributed by atoms with van der Waals surface area (Å²) in [6.07, 6.45) is 0.570. The fraction of sp³-hybridized carbons (Fsp3) is 0.364. The summed E-state index contributed by atoms with van der Waals surface area (Å²) in [5.41, 5.74) is 6.75. The second-order valence-corrected chi connectivity index (χ2v) is 4.11. The summed E-state index contributed by atoms with van der Waals surface area (Å²) in [6.45, 7) is 1.14. The number of hydrogen-bond donors (Lipinski definition) is 1. The Kier molecular flexibility index (Phi) is 5.60. The van der Waals surface area contributed by atoms with Crippen molar-refractivity contribution in [1.82, 2.24) is 0 Å². The van der Waals surface area contributed by atoms with Gasteiger partial charge in [-0.1, -0.05) is 29.3 Å². The molecule has 0 amide bonds. The van der Waals surface area contributed by atoms with E-state index in [1.807, 2.05) is 6.07 Å². The molecular formula is C11H14Cl2N2O. The van der Waals surface area contributed by atoms with Crippen LogP contribution in [-0.2, 0) is 11.2 Å². The largest absolute Gasteiger partial charge is 0.387 e. The lowest BCUT2D eigenvalue weighted by atomic mass is 10.1. The fourth-order valence-electron chi connectivity index (χ4n) is 1.20. The summed E-state index contributed by atoms with van der Waals surface area (Å²) < 4.78 is 4.88. The molecule has 3 nitrogen and oxygen atoms in total. The molecule has 0 aromatic heterocycles. The van der Waals surface area contributed by atoms with E-state index in [4.69, 9.17) is 33.7 Å². The molecule has 5 heteroatoms. The van der Waals surface area contributed by atoms with Crippen molar-refractivity contribution in [2.24, 2.45) is 10.7 Å². The normalized spacial score (nSPS) is 11.8. The zero-order valence-corrected chi connectivity index (χ0v) is 10.6. The zero-order chi connectivity index (χ0) is 12.0. The van der Waals surface area contributed by atoms with Crippen LogP contribution in [0.15, 0.2) is 23.2 Å². The highest BCUT2D eigenvalue weighted by Crippen LogP contribution is 2.22. The molecule has 0 heterocycles. The minimum atomic E-state index is 0.531. The maximum Gasteiger partial charge on any atom is 0.0982 e. The predicted octanol–water partition coefficient (Wildman–Crippen LogP) is 2.54. The van der Waals surface area contributed by atoms with Gasteiger partial charge in [-0.25, -0.2) is 0 Å². The third-order valence-electron chi connectivity index (χ3n) is 1.98. The van der Waals surface area contributed by atoms with Gasteiger partial charge in [0, 0.05) is 13.5 Å². The van der Waals surface area contributed by atoms with Crippen LogP contribution < -0.4 is 5.73 Å². The Morgan fingerprint density at radius 1 is 1.38 bits per heavy atom. The number of rotatable bonds is 5. The second kappa shape index (κ2) is 6.74. The van der Waals surface area contributed by atoms with E-state index >= 15 is 0 Å². The minimum absolute atomic E-state index is 0.531. The SMILES string of the molecule is COCCN=C(N)Cc1ccc(Cl)c(Cl)c1. The zero-order valence-electron chi connectivity index (χ0n) is 9.04. The van der Waals surface area contributed by atoms with Gasteiger partial charge in [0.1, 0.15) is 0 Å². The average molecular weight is 261 g/mol. The number of benzene rings is 1. The molecule has 1 aromatic rings. The van der Waals surface area contributed by atoms with E-state index in [1.54, 1.807) is 19.2 Å². The number of aliphatic imine (C=N–C) groups is 1. The topological polar surface area (TPSA) is 47.6 Å². The molecule has 0 aliphatic carbocycles. The monoisotopic (exact) mass is 260 g/mol. The molecule has 2 N–H and O–H groups in total. The smallest absolute Gasteiger partial charge is 0.0982 e.